The Kier molecular flexibility index (Phi) is 4.94. The van der Waals surface area contributed by atoms with Gasteiger partial charge in [-0.15, -0.1) is 0 Å². The predicted octanol–water partition coefficient (Wildman–Crippen LogP) is 4.77. The van der Waals surface area contributed by atoms with Gasteiger partial charge in [0.15, 0.2) is 0 Å². The van der Waals surface area contributed by atoms with E-state index in [4.69, 9.17) is 4.74 Å². The number of methoxy groups -OCH3 is 1. The minimum Gasteiger partial charge on any atom is -0.496 e. The lowest BCUT2D eigenvalue weighted by atomic mass is 10.00. The minimum absolute atomic E-state index is 0.284. The molecule has 0 bridgehead atoms. The number of fused-ring (bicyclic) bond motifs is 1. The fraction of sp³-hybridized carbons (Fsp3) is 0.273. The highest BCUT2D eigenvalue weighted by Crippen LogP contribution is 2.35. The van der Waals surface area contributed by atoms with Gasteiger partial charge in [0, 0.05) is 48.7 Å². The van der Waals surface area contributed by atoms with Gasteiger partial charge in [-0.05, 0) is 30.7 Å². The number of para-hydroxylation sites is 1. The third-order valence-electron chi connectivity index (χ3n) is 5.18. The topological polar surface area (TPSA) is 17.4 Å². The van der Waals surface area contributed by atoms with Crippen molar-refractivity contribution < 1.29 is 13.5 Å². The summed E-state index contributed by atoms with van der Waals surface area (Å²) in [6.45, 7) is 2.31. The maximum Gasteiger partial charge on any atom is 0.131 e. The van der Waals surface area contributed by atoms with E-state index in [0.717, 1.165) is 42.6 Å². The predicted molar refractivity (Wildman–Crippen MR) is 101 cm³/mol. The van der Waals surface area contributed by atoms with Crippen LogP contribution in [-0.2, 0) is 13.1 Å². The molecule has 1 atom stereocenters. The molecule has 140 valence electrons. The average Bonchev–Trinajstić information content (AvgIpc) is 3.05. The molecule has 3 aromatic rings. The molecule has 1 unspecified atom stereocenters. The highest BCUT2D eigenvalue weighted by Gasteiger charge is 2.30. The molecule has 0 saturated carbocycles. The van der Waals surface area contributed by atoms with Gasteiger partial charge in [0.25, 0.3) is 0 Å². The van der Waals surface area contributed by atoms with Gasteiger partial charge in [-0.25, -0.2) is 8.78 Å². The van der Waals surface area contributed by atoms with E-state index in [2.05, 4.69) is 9.47 Å². The van der Waals surface area contributed by atoms with Crippen LogP contribution in [0.3, 0.4) is 0 Å². The Morgan fingerprint density at radius 3 is 2.70 bits per heavy atom. The summed E-state index contributed by atoms with van der Waals surface area (Å²) in [5.41, 5.74) is 2.56. The Balaban J connectivity index is 1.78. The van der Waals surface area contributed by atoms with Crippen LogP contribution in [0.5, 0.6) is 5.75 Å². The second-order valence-electron chi connectivity index (χ2n) is 6.83. The van der Waals surface area contributed by atoms with Crippen molar-refractivity contribution in [1.82, 2.24) is 9.47 Å². The second kappa shape index (κ2) is 7.53. The maximum absolute atomic E-state index is 14.7. The number of aromatic nitrogens is 1. The van der Waals surface area contributed by atoms with Crippen LogP contribution >= 0.6 is 0 Å². The van der Waals surface area contributed by atoms with Gasteiger partial charge in [-0.1, -0.05) is 24.3 Å². The molecule has 0 N–H and O–H groups in total. The Morgan fingerprint density at radius 2 is 1.89 bits per heavy atom. The Morgan fingerprint density at radius 1 is 1.04 bits per heavy atom. The lowest BCUT2D eigenvalue weighted by molar-refractivity contribution is 0.213. The molecule has 0 radical (unpaired) electrons. The highest BCUT2D eigenvalue weighted by molar-refractivity contribution is 5.35. The molecule has 2 aromatic carbocycles. The van der Waals surface area contributed by atoms with E-state index in [1.807, 2.05) is 42.6 Å². The van der Waals surface area contributed by atoms with Crippen molar-refractivity contribution in [3.63, 3.8) is 0 Å². The smallest absolute Gasteiger partial charge is 0.131 e. The van der Waals surface area contributed by atoms with Crippen LogP contribution in [0.25, 0.3) is 0 Å². The first-order valence-electron chi connectivity index (χ1n) is 9.13. The van der Waals surface area contributed by atoms with Crippen molar-refractivity contribution in [3.8, 4) is 5.75 Å². The van der Waals surface area contributed by atoms with Crippen LogP contribution in [0.15, 0.2) is 60.8 Å². The third kappa shape index (κ3) is 3.47. The summed E-state index contributed by atoms with van der Waals surface area (Å²) >= 11 is 0. The zero-order valence-corrected chi connectivity index (χ0v) is 15.2. The SMILES string of the molecule is COc1ccccc1CN1CCCn2cccc2C1c1ccc(F)cc1F. The quantitative estimate of drug-likeness (QED) is 0.660. The summed E-state index contributed by atoms with van der Waals surface area (Å²) < 4.78 is 35.9. The molecule has 5 heteroatoms. The van der Waals surface area contributed by atoms with E-state index in [1.165, 1.54) is 6.07 Å². The van der Waals surface area contributed by atoms with Gasteiger partial charge in [0.1, 0.15) is 17.4 Å². The summed E-state index contributed by atoms with van der Waals surface area (Å²) in [6.07, 6.45) is 2.98. The van der Waals surface area contributed by atoms with Crippen molar-refractivity contribution >= 4 is 0 Å². The van der Waals surface area contributed by atoms with Crippen LogP contribution in [0.1, 0.15) is 29.3 Å². The number of hydrogen-bond acceptors (Lipinski definition) is 2. The Hall–Kier alpha value is -2.66. The van der Waals surface area contributed by atoms with Crippen LogP contribution in [0.4, 0.5) is 8.78 Å². The fourth-order valence-corrected chi connectivity index (χ4v) is 3.94. The monoisotopic (exact) mass is 368 g/mol. The molecule has 3 nitrogen and oxygen atoms in total. The molecule has 0 saturated heterocycles. The van der Waals surface area contributed by atoms with Gasteiger partial charge >= 0.3 is 0 Å². The molecular formula is C22H22F2N2O. The van der Waals surface area contributed by atoms with Crippen LogP contribution in [0.2, 0.25) is 0 Å². The molecular weight excluding hydrogens is 346 g/mol. The zero-order chi connectivity index (χ0) is 18.8. The van der Waals surface area contributed by atoms with E-state index in [0.29, 0.717) is 12.1 Å². The number of benzene rings is 2. The summed E-state index contributed by atoms with van der Waals surface area (Å²) in [4.78, 5) is 2.24. The normalized spacial score (nSPS) is 17.4. The number of ether oxygens (including phenoxy) is 1. The first-order chi connectivity index (χ1) is 13.2. The average molecular weight is 368 g/mol. The minimum atomic E-state index is -0.559. The first kappa shape index (κ1) is 17.7. The van der Waals surface area contributed by atoms with E-state index in [1.54, 1.807) is 13.2 Å². The van der Waals surface area contributed by atoms with Gasteiger partial charge < -0.3 is 9.30 Å². The second-order valence-corrected chi connectivity index (χ2v) is 6.83. The van der Waals surface area contributed by atoms with Crippen molar-refractivity contribution in [2.75, 3.05) is 13.7 Å². The summed E-state index contributed by atoms with van der Waals surface area (Å²) in [5, 5.41) is 0. The first-order valence-corrected chi connectivity index (χ1v) is 9.13. The number of hydrogen-bond donors (Lipinski definition) is 0. The summed E-state index contributed by atoms with van der Waals surface area (Å²) in [5.74, 6) is -0.258. The summed E-state index contributed by atoms with van der Waals surface area (Å²) in [6, 6.07) is 15.5. The Bertz CT molecular complexity index is 938. The molecule has 4 rings (SSSR count). The number of halogens is 2. The number of rotatable bonds is 4. The summed E-state index contributed by atoms with van der Waals surface area (Å²) in [7, 11) is 1.66. The van der Waals surface area contributed by atoms with Crippen molar-refractivity contribution in [1.29, 1.82) is 0 Å². The van der Waals surface area contributed by atoms with Crippen molar-refractivity contribution in [2.45, 2.75) is 25.6 Å². The molecule has 0 fully saturated rings. The van der Waals surface area contributed by atoms with Gasteiger partial charge in [-0.2, -0.15) is 0 Å². The lowest BCUT2D eigenvalue weighted by Gasteiger charge is -2.31. The largest absolute Gasteiger partial charge is 0.496 e. The molecule has 0 amide bonds. The van der Waals surface area contributed by atoms with E-state index in [9.17, 15) is 8.78 Å². The van der Waals surface area contributed by atoms with Crippen molar-refractivity contribution in [3.05, 3.63) is 89.2 Å². The molecule has 0 spiro atoms. The zero-order valence-electron chi connectivity index (χ0n) is 15.2. The molecule has 2 heterocycles. The Labute approximate surface area is 157 Å². The standard InChI is InChI=1S/C22H22F2N2O/c1-27-21-8-3-2-6-16(21)15-26-13-5-12-25-11-4-7-20(25)22(26)18-10-9-17(23)14-19(18)24/h2-4,6-11,14,22H,5,12-13,15H2,1H3. The van der Waals surface area contributed by atoms with Gasteiger partial charge in [0.05, 0.1) is 13.2 Å². The van der Waals surface area contributed by atoms with Gasteiger partial charge in [-0.3, -0.25) is 4.90 Å². The van der Waals surface area contributed by atoms with Gasteiger partial charge in [0.2, 0.25) is 0 Å². The number of nitrogens with zero attached hydrogens (tertiary/aromatic N) is 2. The molecule has 1 aliphatic heterocycles. The molecule has 1 aliphatic rings. The molecule has 27 heavy (non-hydrogen) atoms. The van der Waals surface area contributed by atoms with E-state index in [-0.39, 0.29) is 6.04 Å². The van der Waals surface area contributed by atoms with Crippen molar-refractivity contribution in [2.24, 2.45) is 0 Å². The van der Waals surface area contributed by atoms with E-state index < -0.39 is 11.6 Å². The van der Waals surface area contributed by atoms with E-state index >= 15 is 0 Å². The fourth-order valence-electron chi connectivity index (χ4n) is 3.94. The molecule has 1 aromatic heterocycles. The number of aryl methyl sites for hydroxylation is 1. The van der Waals surface area contributed by atoms with Crippen LogP contribution in [-0.4, -0.2) is 23.1 Å². The van der Waals surface area contributed by atoms with Crippen LogP contribution in [0, 0.1) is 11.6 Å². The highest BCUT2D eigenvalue weighted by atomic mass is 19.1. The maximum atomic E-state index is 14.7. The third-order valence-corrected chi connectivity index (χ3v) is 5.18. The molecule has 0 aliphatic carbocycles. The lowest BCUT2D eigenvalue weighted by Crippen LogP contribution is -2.30. The van der Waals surface area contributed by atoms with Crippen LogP contribution < -0.4 is 4.74 Å².